The van der Waals surface area contributed by atoms with Crippen LogP contribution >= 0.6 is 22.7 Å². The van der Waals surface area contributed by atoms with Crippen LogP contribution in [0, 0.1) is 13.8 Å². The second kappa shape index (κ2) is 6.22. The highest BCUT2D eigenvalue weighted by atomic mass is 32.1. The fourth-order valence-electron chi connectivity index (χ4n) is 2.41. The predicted molar refractivity (Wildman–Crippen MR) is 91.3 cm³/mol. The van der Waals surface area contributed by atoms with E-state index in [1.807, 2.05) is 6.20 Å². The summed E-state index contributed by atoms with van der Waals surface area (Å²) < 4.78 is 1.25. The van der Waals surface area contributed by atoms with Crippen LogP contribution in [0.4, 0.5) is 0 Å². The van der Waals surface area contributed by atoms with Gasteiger partial charge in [0.15, 0.2) is 0 Å². The van der Waals surface area contributed by atoms with Gasteiger partial charge in [-0.3, -0.25) is 4.98 Å². The molecule has 3 heterocycles. The van der Waals surface area contributed by atoms with Gasteiger partial charge in [-0.2, -0.15) is 0 Å². The predicted octanol–water partition coefficient (Wildman–Crippen LogP) is 4.26. The van der Waals surface area contributed by atoms with Crippen molar-refractivity contribution in [1.82, 2.24) is 15.3 Å². The van der Waals surface area contributed by atoms with E-state index in [0.717, 1.165) is 24.2 Å². The molecule has 0 aliphatic carbocycles. The molecule has 3 aromatic rings. The van der Waals surface area contributed by atoms with Crippen molar-refractivity contribution in [1.29, 1.82) is 0 Å². The molecule has 5 heteroatoms. The molecule has 1 N–H and O–H groups in total. The molecule has 0 aromatic carbocycles. The van der Waals surface area contributed by atoms with Gasteiger partial charge in [-0.25, -0.2) is 4.98 Å². The van der Waals surface area contributed by atoms with Crippen molar-refractivity contribution in [3.05, 3.63) is 44.9 Å². The number of rotatable bonds is 5. The minimum Gasteiger partial charge on any atom is -0.310 e. The highest BCUT2D eigenvalue weighted by Crippen LogP contribution is 2.26. The number of nitrogens with zero attached hydrogens (tertiary/aromatic N) is 2. The van der Waals surface area contributed by atoms with Crippen molar-refractivity contribution in [3.8, 4) is 0 Å². The Balaban J connectivity index is 1.89. The summed E-state index contributed by atoms with van der Waals surface area (Å²) in [5.74, 6) is 0. The SMILES string of the molecule is CCNC(Cc1nc(C)c(C)s1)c1cnc2ccsc2c1. The Morgan fingerprint density at radius 3 is 2.90 bits per heavy atom. The van der Waals surface area contributed by atoms with E-state index < -0.39 is 0 Å². The van der Waals surface area contributed by atoms with Crippen molar-refractivity contribution in [2.45, 2.75) is 33.2 Å². The number of aromatic nitrogens is 2. The second-order valence-corrected chi connectivity index (χ2v) is 7.37. The van der Waals surface area contributed by atoms with Gasteiger partial charge in [0, 0.05) is 23.5 Å². The maximum atomic E-state index is 4.67. The van der Waals surface area contributed by atoms with E-state index in [-0.39, 0.29) is 6.04 Å². The van der Waals surface area contributed by atoms with Gasteiger partial charge in [0.05, 0.1) is 20.9 Å². The normalized spacial score (nSPS) is 12.9. The number of thiophene rings is 1. The van der Waals surface area contributed by atoms with Crippen LogP contribution in [0.3, 0.4) is 0 Å². The summed E-state index contributed by atoms with van der Waals surface area (Å²) in [7, 11) is 0. The number of likely N-dealkylation sites (N-methyl/N-ethyl adjacent to an activating group) is 1. The first kappa shape index (κ1) is 14.6. The fourth-order valence-corrected chi connectivity index (χ4v) is 4.18. The molecular weight excluding hydrogens is 298 g/mol. The van der Waals surface area contributed by atoms with E-state index in [2.05, 4.69) is 53.6 Å². The van der Waals surface area contributed by atoms with E-state index >= 15 is 0 Å². The van der Waals surface area contributed by atoms with E-state index in [4.69, 9.17) is 0 Å². The van der Waals surface area contributed by atoms with Crippen LogP contribution < -0.4 is 5.32 Å². The number of pyridine rings is 1. The van der Waals surface area contributed by atoms with Crippen LogP contribution in [0.25, 0.3) is 10.2 Å². The first-order chi connectivity index (χ1) is 10.2. The Hall–Kier alpha value is -1.30. The lowest BCUT2D eigenvalue weighted by Crippen LogP contribution is -2.23. The van der Waals surface area contributed by atoms with Gasteiger partial charge in [0.25, 0.3) is 0 Å². The Labute approximate surface area is 133 Å². The highest BCUT2D eigenvalue weighted by molar-refractivity contribution is 7.17. The van der Waals surface area contributed by atoms with E-state index in [1.165, 1.54) is 20.1 Å². The lowest BCUT2D eigenvalue weighted by molar-refractivity contribution is 0.547. The minimum atomic E-state index is 0.277. The fraction of sp³-hybridized carbons (Fsp3) is 0.375. The van der Waals surface area contributed by atoms with Crippen LogP contribution in [-0.4, -0.2) is 16.5 Å². The maximum Gasteiger partial charge on any atom is 0.0949 e. The molecule has 0 saturated carbocycles. The third-order valence-corrected chi connectivity index (χ3v) is 5.58. The van der Waals surface area contributed by atoms with Crippen molar-refractivity contribution >= 4 is 32.9 Å². The first-order valence-corrected chi connectivity index (χ1v) is 8.86. The van der Waals surface area contributed by atoms with Crippen molar-refractivity contribution in [2.24, 2.45) is 0 Å². The van der Waals surface area contributed by atoms with Crippen LogP contribution in [0.5, 0.6) is 0 Å². The van der Waals surface area contributed by atoms with E-state index in [9.17, 15) is 0 Å². The van der Waals surface area contributed by atoms with Gasteiger partial charge in [-0.05, 0) is 43.5 Å². The summed E-state index contributed by atoms with van der Waals surface area (Å²) >= 11 is 3.55. The number of nitrogens with one attached hydrogen (secondary N) is 1. The molecule has 0 aliphatic heterocycles. The molecule has 1 unspecified atom stereocenters. The van der Waals surface area contributed by atoms with Gasteiger partial charge >= 0.3 is 0 Å². The molecule has 0 bridgehead atoms. The maximum absolute atomic E-state index is 4.67. The Bertz CT molecular complexity index is 725. The molecule has 0 saturated heterocycles. The summed E-state index contributed by atoms with van der Waals surface area (Å²) in [6.45, 7) is 7.30. The summed E-state index contributed by atoms with van der Waals surface area (Å²) in [6, 6.07) is 4.60. The molecule has 0 spiro atoms. The Kier molecular flexibility index (Phi) is 4.33. The van der Waals surface area contributed by atoms with Crippen LogP contribution in [0.2, 0.25) is 0 Å². The molecule has 0 radical (unpaired) electrons. The largest absolute Gasteiger partial charge is 0.310 e. The molecule has 0 amide bonds. The second-order valence-electron chi connectivity index (χ2n) is 5.14. The van der Waals surface area contributed by atoms with E-state index in [0.29, 0.717) is 0 Å². The molecule has 0 aliphatic rings. The van der Waals surface area contributed by atoms with E-state index in [1.54, 1.807) is 22.7 Å². The third kappa shape index (κ3) is 3.15. The van der Waals surface area contributed by atoms with Gasteiger partial charge < -0.3 is 5.32 Å². The molecule has 110 valence electrons. The van der Waals surface area contributed by atoms with Crippen LogP contribution in [-0.2, 0) is 6.42 Å². The van der Waals surface area contributed by atoms with Crippen LogP contribution in [0.1, 0.15) is 34.1 Å². The molecule has 3 rings (SSSR count). The van der Waals surface area contributed by atoms with Crippen molar-refractivity contribution in [2.75, 3.05) is 6.54 Å². The van der Waals surface area contributed by atoms with Gasteiger partial charge in [0.1, 0.15) is 0 Å². The monoisotopic (exact) mass is 317 g/mol. The highest BCUT2D eigenvalue weighted by Gasteiger charge is 2.15. The molecule has 0 fully saturated rings. The average molecular weight is 317 g/mol. The average Bonchev–Trinajstić information content (AvgIpc) is 3.05. The zero-order valence-electron chi connectivity index (χ0n) is 12.5. The molecule has 3 aromatic heterocycles. The Morgan fingerprint density at radius 2 is 2.19 bits per heavy atom. The lowest BCUT2D eigenvalue weighted by atomic mass is 10.1. The minimum absolute atomic E-state index is 0.277. The summed E-state index contributed by atoms with van der Waals surface area (Å²) in [5, 5.41) is 6.86. The molecule has 1 atom stereocenters. The van der Waals surface area contributed by atoms with Crippen molar-refractivity contribution < 1.29 is 0 Å². The topological polar surface area (TPSA) is 37.8 Å². The third-order valence-electron chi connectivity index (χ3n) is 3.63. The number of fused-ring (bicyclic) bond motifs is 1. The number of hydrogen-bond donors (Lipinski definition) is 1. The Morgan fingerprint density at radius 1 is 1.33 bits per heavy atom. The first-order valence-electron chi connectivity index (χ1n) is 7.16. The summed E-state index contributed by atoms with van der Waals surface area (Å²) in [6.07, 6.45) is 2.92. The van der Waals surface area contributed by atoms with Crippen LogP contribution in [0.15, 0.2) is 23.7 Å². The quantitative estimate of drug-likeness (QED) is 0.764. The number of aryl methyl sites for hydroxylation is 2. The van der Waals surface area contributed by atoms with Crippen molar-refractivity contribution in [3.63, 3.8) is 0 Å². The lowest BCUT2D eigenvalue weighted by Gasteiger charge is -2.16. The summed E-state index contributed by atoms with van der Waals surface area (Å²) in [5.41, 5.74) is 3.48. The summed E-state index contributed by atoms with van der Waals surface area (Å²) in [4.78, 5) is 10.5. The standard InChI is InChI=1S/C16H19N3S2/c1-4-17-14(8-16-19-10(2)11(3)21-16)12-7-15-13(18-9-12)5-6-20-15/h5-7,9,14,17H,4,8H2,1-3H3. The molecular formula is C16H19N3S2. The van der Waals surface area contributed by atoms with Gasteiger partial charge in [-0.1, -0.05) is 6.92 Å². The molecule has 3 nitrogen and oxygen atoms in total. The van der Waals surface area contributed by atoms with Gasteiger partial charge in [0.2, 0.25) is 0 Å². The molecule has 21 heavy (non-hydrogen) atoms. The van der Waals surface area contributed by atoms with Gasteiger partial charge in [-0.15, -0.1) is 22.7 Å². The number of thiazole rings is 1. The number of hydrogen-bond acceptors (Lipinski definition) is 5. The smallest absolute Gasteiger partial charge is 0.0949 e. The zero-order valence-corrected chi connectivity index (χ0v) is 14.1. The zero-order chi connectivity index (χ0) is 14.8.